The summed E-state index contributed by atoms with van der Waals surface area (Å²) in [7, 11) is 0. The Kier molecular flexibility index (Phi) is 4.49. The molecule has 0 saturated carbocycles. The second kappa shape index (κ2) is 5.45. The maximum atomic E-state index is 6.13. The third-order valence-electron chi connectivity index (χ3n) is 1.75. The Morgan fingerprint density at radius 1 is 1.17 bits per heavy atom. The van der Waals surface area contributed by atoms with Crippen LogP contribution in [0.4, 0.5) is 0 Å². The molecule has 0 aliphatic heterocycles. The molecule has 0 spiro atoms. The lowest BCUT2D eigenvalue weighted by Crippen LogP contribution is -1.90. The van der Waals surface area contributed by atoms with E-state index >= 15 is 0 Å². The van der Waals surface area contributed by atoms with Crippen molar-refractivity contribution in [2.75, 3.05) is 5.88 Å². The van der Waals surface area contributed by atoms with Gasteiger partial charge in [-0.25, -0.2) is 0 Å². The summed E-state index contributed by atoms with van der Waals surface area (Å²) in [6, 6.07) is 10.1. The summed E-state index contributed by atoms with van der Waals surface area (Å²) in [6.07, 6.45) is 1.93. The van der Waals surface area contributed by atoms with Crippen molar-refractivity contribution < 1.29 is 0 Å². The first-order chi connectivity index (χ1) is 5.84. The lowest BCUT2D eigenvalue weighted by molar-refractivity contribution is 0.775. The summed E-state index contributed by atoms with van der Waals surface area (Å²) in [6.45, 7) is 0. The normalized spacial score (nSPS) is 12.8. The van der Waals surface area contributed by atoms with Gasteiger partial charge in [0.15, 0.2) is 0 Å². The van der Waals surface area contributed by atoms with Gasteiger partial charge in [-0.05, 0) is 18.4 Å². The van der Waals surface area contributed by atoms with E-state index in [9.17, 15) is 0 Å². The molecule has 1 aromatic rings. The average Bonchev–Trinajstić information content (AvgIpc) is 2.15. The van der Waals surface area contributed by atoms with Crippen LogP contribution in [-0.4, -0.2) is 5.88 Å². The quantitative estimate of drug-likeness (QED) is 0.649. The first-order valence-electron chi connectivity index (χ1n) is 4.09. The fourth-order valence-electron chi connectivity index (χ4n) is 1.08. The first-order valence-corrected chi connectivity index (χ1v) is 5.06. The fraction of sp³-hybridized carbons (Fsp3) is 0.400. The third-order valence-corrected chi connectivity index (χ3v) is 2.49. The number of hydrogen-bond donors (Lipinski definition) is 0. The van der Waals surface area contributed by atoms with Gasteiger partial charge in [0.05, 0.1) is 5.38 Å². The smallest absolute Gasteiger partial charge is 0.0585 e. The van der Waals surface area contributed by atoms with Crippen LogP contribution in [-0.2, 0) is 0 Å². The fourth-order valence-corrected chi connectivity index (χ4v) is 1.54. The van der Waals surface area contributed by atoms with E-state index < -0.39 is 0 Å². The minimum absolute atomic E-state index is 0.116. The molecule has 0 saturated heterocycles. The van der Waals surface area contributed by atoms with Crippen molar-refractivity contribution in [1.82, 2.24) is 0 Å². The van der Waals surface area contributed by atoms with Gasteiger partial charge < -0.3 is 0 Å². The van der Waals surface area contributed by atoms with E-state index in [0.717, 1.165) is 12.8 Å². The van der Waals surface area contributed by atoms with Gasteiger partial charge in [0.2, 0.25) is 0 Å². The lowest BCUT2D eigenvalue weighted by atomic mass is 10.1. The Bertz CT molecular complexity index is 208. The molecule has 0 nitrogen and oxygen atoms in total. The van der Waals surface area contributed by atoms with Crippen molar-refractivity contribution in [2.24, 2.45) is 0 Å². The van der Waals surface area contributed by atoms with Crippen LogP contribution in [0.25, 0.3) is 0 Å². The Balaban J connectivity index is 2.48. The van der Waals surface area contributed by atoms with E-state index in [2.05, 4.69) is 0 Å². The zero-order valence-corrected chi connectivity index (χ0v) is 8.35. The van der Waals surface area contributed by atoms with Crippen LogP contribution >= 0.6 is 23.2 Å². The van der Waals surface area contributed by atoms with E-state index in [1.54, 1.807) is 0 Å². The van der Waals surface area contributed by atoms with Crippen LogP contribution in [0, 0.1) is 0 Å². The van der Waals surface area contributed by atoms with Gasteiger partial charge in [0, 0.05) is 5.88 Å². The molecule has 1 rings (SSSR count). The zero-order valence-electron chi connectivity index (χ0n) is 6.84. The highest BCUT2D eigenvalue weighted by Gasteiger charge is 2.05. The number of benzene rings is 1. The monoisotopic (exact) mass is 202 g/mol. The highest BCUT2D eigenvalue weighted by Crippen LogP contribution is 2.24. The van der Waals surface area contributed by atoms with Crippen molar-refractivity contribution in [3.63, 3.8) is 0 Å². The molecule has 0 N–H and O–H groups in total. The number of alkyl halides is 2. The molecule has 0 aliphatic carbocycles. The molecule has 0 heterocycles. The van der Waals surface area contributed by atoms with Crippen molar-refractivity contribution >= 4 is 23.2 Å². The number of rotatable bonds is 4. The lowest BCUT2D eigenvalue weighted by Gasteiger charge is -2.07. The Labute approximate surface area is 83.5 Å². The van der Waals surface area contributed by atoms with E-state index in [4.69, 9.17) is 23.2 Å². The Morgan fingerprint density at radius 2 is 1.83 bits per heavy atom. The van der Waals surface area contributed by atoms with E-state index in [1.165, 1.54) is 5.56 Å². The average molecular weight is 203 g/mol. The predicted octanol–water partition coefficient (Wildman–Crippen LogP) is 3.99. The second-order valence-electron chi connectivity index (χ2n) is 2.71. The summed E-state index contributed by atoms with van der Waals surface area (Å²) in [5.74, 6) is 0.691. The van der Waals surface area contributed by atoms with E-state index in [-0.39, 0.29) is 5.38 Å². The maximum Gasteiger partial charge on any atom is 0.0585 e. The Morgan fingerprint density at radius 3 is 2.42 bits per heavy atom. The number of halogens is 2. The van der Waals surface area contributed by atoms with Crippen molar-refractivity contribution in [2.45, 2.75) is 18.2 Å². The molecule has 1 atom stereocenters. The van der Waals surface area contributed by atoms with Crippen molar-refractivity contribution in [3.8, 4) is 0 Å². The summed E-state index contributed by atoms with van der Waals surface area (Å²) >= 11 is 11.7. The molecule has 2 heteroatoms. The van der Waals surface area contributed by atoms with Crippen LogP contribution in [0.3, 0.4) is 0 Å². The summed E-state index contributed by atoms with van der Waals surface area (Å²) in [5, 5.41) is 0.116. The van der Waals surface area contributed by atoms with Crippen molar-refractivity contribution in [1.29, 1.82) is 0 Å². The SMILES string of the molecule is ClCCCC(Cl)c1ccccc1. The molecule has 0 bridgehead atoms. The molecule has 0 radical (unpaired) electrons. The van der Waals surface area contributed by atoms with Gasteiger partial charge >= 0.3 is 0 Å². The van der Waals surface area contributed by atoms with Gasteiger partial charge in [0.1, 0.15) is 0 Å². The highest BCUT2D eigenvalue weighted by atomic mass is 35.5. The topological polar surface area (TPSA) is 0 Å². The van der Waals surface area contributed by atoms with Crippen LogP contribution in [0.5, 0.6) is 0 Å². The molecule has 0 aromatic heterocycles. The minimum atomic E-state index is 0.116. The molecule has 12 heavy (non-hydrogen) atoms. The highest BCUT2D eigenvalue weighted by molar-refractivity contribution is 6.21. The molecule has 0 aliphatic rings. The molecular weight excluding hydrogens is 191 g/mol. The molecule has 0 amide bonds. The van der Waals surface area contributed by atoms with Crippen LogP contribution in [0.2, 0.25) is 0 Å². The molecule has 66 valence electrons. The van der Waals surface area contributed by atoms with Crippen LogP contribution < -0.4 is 0 Å². The standard InChI is InChI=1S/C10H12Cl2/c11-8-4-7-10(12)9-5-2-1-3-6-9/h1-3,5-6,10H,4,7-8H2. The molecule has 1 unspecified atom stereocenters. The first kappa shape index (κ1) is 9.88. The third kappa shape index (κ3) is 3.04. The molecular formula is C10H12Cl2. The minimum Gasteiger partial charge on any atom is -0.127 e. The van der Waals surface area contributed by atoms with E-state index in [1.807, 2.05) is 30.3 Å². The molecule has 0 fully saturated rings. The summed E-state index contributed by atoms with van der Waals surface area (Å²) in [4.78, 5) is 0. The van der Waals surface area contributed by atoms with E-state index in [0.29, 0.717) is 5.88 Å². The van der Waals surface area contributed by atoms with Gasteiger partial charge in [-0.3, -0.25) is 0 Å². The summed E-state index contributed by atoms with van der Waals surface area (Å²) in [5.41, 5.74) is 1.18. The predicted molar refractivity (Wildman–Crippen MR) is 55.0 cm³/mol. The van der Waals surface area contributed by atoms with Gasteiger partial charge in [-0.1, -0.05) is 30.3 Å². The second-order valence-corrected chi connectivity index (χ2v) is 3.61. The maximum absolute atomic E-state index is 6.13. The molecule has 1 aromatic carbocycles. The van der Waals surface area contributed by atoms with Gasteiger partial charge in [-0.15, -0.1) is 23.2 Å². The zero-order chi connectivity index (χ0) is 8.81. The van der Waals surface area contributed by atoms with Gasteiger partial charge in [0.25, 0.3) is 0 Å². The number of hydrogen-bond acceptors (Lipinski definition) is 0. The van der Waals surface area contributed by atoms with Crippen molar-refractivity contribution in [3.05, 3.63) is 35.9 Å². The van der Waals surface area contributed by atoms with Gasteiger partial charge in [-0.2, -0.15) is 0 Å². The Hall–Kier alpha value is -0.200. The summed E-state index contributed by atoms with van der Waals surface area (Å²) < 4.78 is 0. The van der Waals surface area contributed by atoms with Crippen LogP contribution in [0.15, 0.2) is 30.3 Å². The van der Waals surface area contributed by atoms with Crippen LogP contribution in [0.1, 0.15) is 23.8 Å². The largest absolute Gasteiger partial charge is 0.127 e.